The van der Waals surface area contributed by atoms with Crippen molar-refractivity contribution in [2.75, 3.05) is 14.2 Å². The predicted molar refractivity (Wildman–Crippen MR) is 107 cm³/mol. The Morgan fingerprint density at radius 1 is 0.821 bits per heavy atom. The summed E-state index contributed by atoms with van der Waals surface area (Å²) < 4.78 is 15.0. The van der Waals surface area contributed by atoms with Gasteiger partial charge in [-0.2, -0.15) is 0 Å². The van der Waals surface area contributed by atoms with Crippen molar-refractivity contribution in [2.45, 2.75) is 6.54 Å². The van der Waals surface area contributed by atoms with E-state index in [1.165, 1.54) is 22.5 Å². The number of rotatable bonds is 4. The first-order valence-electron chi connectivity index (χ1n) is 8.94. The highest BCUT2D eigenvalue weighted by molar-refractivity contribution is 5.92. The van der Waals surface area contributed by atoms with E-state index in [4.69, 9.17) is 9.47 Å². The Bertz CT molecular complexity index is 1020. The van der Waals surface area contributed by atoms with Crippen molar-refractivity contribution in [1.82, 2.24) is 4.57 Å². The second kappa shape index (κ2) is 8.48. The van der Waals surface area contributed by atoms with E-state index in [0.717, 1.165) is 23.6 Å². The van der Waals surface area contributed by atoms with Crippen LogP contribution in [0.2, 0.25) is 0 Å². The lowest BCUT2D eigenvalue weighted by atomic mass is 9.99. The number of halogens is 1. The molecule has 0 unspecified atom stereocenters. The van der Waals surface area contributed by atoms with Gasteiger partial charge in [0.1, 0.15) is 30.4 Å². The lowest BCUT2D eigenvalue weighted by Gasteiger charge is -2.08. The standard InChI is InChI=1S/C23H23N2O2.BrH/c1-24-12-13-25-16-20(18-6-10-22(27-3)11-7-18)14-19(15-23(24)25)17-4-8-21(26-2)9-5-17;/h4-15H,16H2,1-3H3;1H/q+1;/p-1. The highest BCUT2D eigenvalue weighted by Crippen LogP contribution is 2.30. The highest BCUT2D eigenvalue weighted by atomic mass is 79.9. The van der Waals surface area contributed by atoms with Gasteiger partial charge in [0.2, 0.25) is 0 Å². The maximum Gasteiger partial charge on any atom is 0.282 e. The Morgan fingerprint density at radius 3 is 1.96 bits per heavy atom. The van der Waals surface area contributed by atoms with Crippen LogP contribution in [0.15, 0.2) is 67.0 Å². The summed E-state index contributed by atoms with van der Waals surface area (Å²) in [5.74, 6) is 2.90. The summed E-state index contributed by atoms with van der Waals surface area (Å²) in [6, 6.07) is 16.5. The second-order valence-corrected chi connectivity index (χ2v) is 6.62. The minimum absolute atomic E-state index is 0. The minimum atomic E-state index is 0. The lowest BCUT2D eigenvalue weighted by molar-refractivity contribution is -0.672. The number of allylic oxidation sites excluding steroid dienone is 3. The molecule has 0 saturated carbocycles. The Labute approximate surface area is 176 Å². The summed E-state index contributed by atoms with van der Waals surface area (Å²) in [7, 11) is 5.46. The molecule has 1 aromatic heterocycles. The minimum Gasteiger partial charge on any atom is -1.00 e. The van der Waals surface area contributed by atoms with Crippen LogP contribution in [0.5, 0.6) is 11.5 Å². The van der Waals surface area contributed by atoms with Crippen LogP contribution < -0.4 is 31.0 Å². The Morgan fingerprint density at radius 2 is 1.39 bits per heavy atom. The molecule has 0 N–H and O–H groups in total. The van der Waals surface area contributed by atoms with Gasteiger partial charge in [-0.1, -0.05) is 24.3 Å². The molecule has 4 nitrogen and oxygen atoms in total. The predicted octanol–water partition coefficient (Wildman–Crippen LogP) is 0.972. The van der Waals surface area contributed by atoms with Crippen LogP contribution in [0.25, 0.3) is 17.2 Å². The van der Waals surface area contributed by atoms with Crippen LogP contribution in [-0.4, -0.2) is 18.8 Å². The summed E-state index contributed by atoms with van der Waals surface area (Å²) in [6.07, 6.45) is 8.73. The smallest absolute Gasteiger partial charge is 0.282 e. The molecule has 28 heavy (non-hydrogen) atoms. The van der Waals surface area contributed by atoms with Crippen molar-refractivity contribution in [3.63, 3.8) is 0 Å². The van der Waals surface area contributed by atoms with Crippen molar-refractivity contribution in [1.29, 1.82) is 0 Å². The lowest BCUT2D eigenvalue weighted by Crippen LogP contribution is -3.00. The van der Waals surface area contributed by atoms with Crippen molar-refractivity contribution < 1.29 is 31.0 Å². The second-order valence-electron chi connectivity index (χ2n) is 6.62. The van der Waals surface area contributed by atoms with Gasteiger partial charge < -0.3 is 26.5 Å². The zero-order valence-corrected chi connectivity index (χ0v) is 17.8. The molecule has 0 fully saturated rings. The summed E-state index contributed by atoms with van der Waals surface area (Å²) in [6.45, 7) is 0.818. The Balaban J connectivity index is 0.00000225. The molecule has 0 radical (unpaired) electrons. The van der Waals surface area contributed by atoms with Gasteiger partial charge in [-0.05, 0) is 47.0 Å². The largest absolute Gasteiger partial charge is 1.00 e. The van der Waals surface area contributed by atoms with E-state index in [1.54, 1.807) is 14.2 Å². The Hall–Kier alpha value is -2.79. The van der Waals surface area contributed by atoms with E-state index in [9.17, 15) is 0 Å². The summed E-state index contributed by atoms with van der Waals surface area (Å²) in [5.41, 5.74) is 4.79. The van der Waals surface area contributed by atoms with Crippen molar-refractivity contribution in [3.05, 3.63) is 84.0 Å². The van der Waals surface area contributed by atoms with E-state index in [-0.39, 0.29) is 17.0 Å². The van der Waals surface area contributed by atoms with E-state index in [0.29, 0.717) is 0 Å². The number of hydrogen-bond acceptors (Lipinski definition) is 2. The van der Waals surface area contributed by atoms with Gasteiger partial charge in [-0.25, -0.2) is 9.13 Å². The van der Waals surface area contributed by atoms with Gasteiger partial charge in [0, 0.05) is 11.6 Å². The topological polar surface area (TPSA) is 27.3 Å². The third-order valence-electron chi connectivity index (χ3n) is 4.97. The zero-order chi connectivity index (χ0) is 18.8. The van der Waals surface area contributed by atoms with Crippen LogP contribution in [0.3, 0.4) is 0 Å². The number of ether oxygens (including phenoxy) is 2. The third-order valence-corrected chi connectivity index (χ3v) is 4.97. The van der Waals surface area contributed by atoms with Gasteiger partial charge in [0.25, 0.3) is 5.82 Å². The summed E-state index contributed by atoms with van der Waals surface area (Å²) >= 11 is 0. The molecule has 1 aliphatic rings. The summed E-state index contributed by atoms with van der Waals surface area (Å²) in [5, 5.41) is 0. The van der Waals surface area contributed by atoms with Crippen molar-refractivity contribution in [2.24, 2.45) is 7.05 Å². The fraction of sp³-hybridized carbons (Fsp3) is 0.174. The molecule has 3 aromatic rings. The van der Waals surface area contributed by atoms with Gasteiger partial charge in [0.15, 0.2) is 0 Å². The van der Waals surface area contributed by atoms with Crippen LogP contribution in [0, 0.1) is 0 Å². The molecule has 0 atom stereocenters. The number of methoxy groups -OCH3 is 2. The SMILES string of the molecule is COc1ccc(C2=Cc3n(cc[n+]3C)CC(c3ccc(OC)cc3)=C2)cc1.[Br-]. The highest BCUT2D eigenvalue weighted by Gasteiger charge is 2.20. The first-order chi connectivity index (χ1) is 13.2. The molecule has 2 aromatic carbocycles. The van der Waals surface area contributed by atoms with Gasteiger partial charge >= 0.3 is 0 Å². The molecule has 144 valence electrons. The zero-order valence-electron chi connectivity index (χ0n) is 16.2. The van der Waals surface area contributed by atoms with Crippen LogP contribution >= 0.6 is 0 Å². The fourth-order valence-corrected chi connectivity index (χ4v) is 3.38. The molecular weight excluding hydrogens is 416 g/mol. The molecule has 0 bridgehead atoms. The molecule has 0 amide bonds. The monoisotopic (exact) mass is 438 g/mol. The molecule has 0 aliphatic carbocycles. The van der Waals surface area contributed by atoms with Crippen LogP contribution in [-0.2, 0) is 13.6 Å². The average Bonchev–Trinajstić information content (AvgIpc) is 2.94. The van der Waals surface area contributed by atoms with Gasteiger partial charge in [-0.15, -0.1) is 0 Å². The maximum atomic E-state index is 5.30. The third kappa shape index (κ3) is 3.90. The molecule has 0 spiro atoms. The first kappa shape index (κ1) is 20.0. The number of aromatic nitrogens is 2. The molecule has 0 saturated heterocycles. The van der Waals surface area contributed by atoms with Gasteiger partial charge in [-0.3, -0.25) is 0 Å². The Kier molecular flexibility index (Phi) is 6.05. The number of fused-ring (bicyclic) bond motifs is 1. The summed E-state index contributed by atoms with van der Waals surface area (Å²) in [4.78, 5) is 0. The van der Waals surface area contributed by atoms with Gasteiger partial charge in [0.05, 0.1) is 21.3 Å². The van der Waals surface area contributed by atoms with E-state index < -0.39 is 0 Å². The van der Waals surface area contributed by atoms with Crippen LogP contribution in [0.1, 0.15) is 17.0 Å². The van der Waals surface area contributed by atoms with Crippen LogP contribution in [0.4, 0.5) is 0 Å². The van der Waals surface area contributed by atoms with Crippen molar-refractivity contribution in [3.8, 4) is 11.5 Å². The number of hydrogen-bond donors (Lipinski definition) is 0. The van der Waals surface area contributed by atoms with Crippen molar-refractivity contribution >= 4 is 17.2 Å². The first-order valence-corrected chi connectivity index (χ1v) is 8.94. The van der Waals surface area contributed by atoms with E-state index >= 15 is 0 Å². The normalized spacial score (nSPS) is 12.8. The molecular formula is C23H23BrN2O2. The molecule has 2 heterocycles. The molecule has 5 heteroatoms. The number of benzene rings is 2. The quantitative estimate of drug-likeness (QED) is 0.567. The van der Waals surface area contributed by atoms with E-state index in [1.807, 2.05) is 24.3 Å². The fourth-order valence-electron chi connectivity index (χ4n) is 3.38. The molecule has 1 aliphatic heterocycles. The maximum absolute atomic E-state index is 5.30. The number of aryl methyl sites for hydroxylation is 1. The van der Waals surface area contributed by atoms with E-state index in [2.05, 4.69) is 65.0 Å². The average molecular weight is 439 g/mol. The molecule has 4 rings (SSSR count). The number of imidazole rings is 1. The number of nitrogens with zero attached hydrogens (tertiary/aromatic N) is 2.